The van der Waals surface area contributed by atoms with Gasteiger partial charge in [0.1, 0.15) is 0 Å². The van der Waals surface area contributed by atoms with Crippen molar-refractivity contribution in [1.82, 2.24) is 5.32 Å². The Labute approximate surface area is 105 Å². The molecule has 0 spiro atoms. The molecule has 1 atom stereocenters. The van der Waals surface area contributed by atoms with Gasteiger partial charge in [0.2, 0.25) is 5.91 Å². The Kier molecular flexibility index (Phi) is 5.44. The van der Waals surface area contributed by atoms with Gasteiger partial charge in [0.25, 0.3) is 0 Å². The van der Waals surface area contributed by atoms with Gasteiger partial charge in [-0.15, -0.1) is 0 Å². The Morgan fingerprint density at radius 1 is 1.29 bits per heavy atom. The van der Waals surface area contributed by atoms with Crippen molar-refractivity contribution in [2.75, 3.05) is 6.54 Å². The molecule has 3 nitrogen and oxygen atoms in total. The normalized spacial score (nSPS) is 20.5. The molecule has 1 unspecified atom stereocenters. The van der Waals surface area contributed by atoms with Crippen LogP contribution in [-0.4, -0.2) is 23.7 Å². The fourth-order valence-corrected chi connectivity index (χ4v) is 2.79. The first-order chi connectivity index (χ1) is 8.03. The van der Waals surface area contributed by atoms with Crippen LogP contribution in [0, 0.1) is 11.3 Å². The van der Waals surface area contributed by atoms with E-state index in [-0.39, 0.29) is 11.3 Å². The second-order valence-corrected chi connectivity index (χ2v) is 5.62. The molecule has 2 N–H and O–H groups in total. The van der Waals surface area contributed by atoms with Gasteiger partial charge in [-0.3, -0.25) is 4.79 Å². The first kappa shape index (κ1) is 14.5. The summed E-state index contributed by atoms with van der Waals surface area (Å²) < 4.78 is 0. The second kappa shape index (κ2) is 6.39. The SMILES string of the molecule is CCC(CC)C(O)CNC(=O)C1(C)CCCC1. The van der Waals surface area contributed by atoms with Crippen LogP contribution in [0.1, 0.15) is 59.3 Å². The third kappa shape index (κ3) is 3.70. The Balaban J connectivity index is 2.37. The molecule has 1 aliphatic carbocycles. The van der Waals surface area contributed by atoms with Crippen LogP contribution in [0.5, 0.6) is 0 Å². The molecule has 0 heterocycles. The number of rotatable bonds is 6. The van der Waals surface area contributed by atoms with Crippen molar-refractivity contribution in [1.29, 1.82) is 0 Å². The molecular weight excluding hydrogens is 214 g/mol. The van der Waals surface area contributed by atoms with E-state index in [4.69, 9.17) is 0 Å². The standard InChI is InChI=1S/C14H27NO2/c1-4-11(5-2)12(16)10-15-13(17)14(3)8-6-7-9-14/h11-12,16H,4-10H2,1-3H3,(H,15,17). The van der Waals surface area contributed by atoms with Gasteiger partial charge in [-0.05, 0) is 18.8 Å². The number of hydrogen-bond donors (Lipinski definition) is 2. The highest BCUT2D eigenvalue weighted by Gasteiger charge is 2.36. The molecule has 1 rings (SSSR count). The highest BCUT2D eigenvalue weighted by molar-refractivity contribution is 5.82. The summed E-state index contributed by atoms with van der Waals surface area (Å²) in [5.41, 5.74) is -0.187. The lowest BCUT2D eigenvalue weighted by Gasteiger charge is -2.25. The van der Waals surface area contributed by atoms with Gasteiger partial charge in [-0.25, -0.2) is 0 Å². The average Bonchev–Trinajstić information content (AvgIpc) is 2.76. The number of carbonyl (C=O) groups is 1. The molecule has 0 saturated heterocycles. The molecule has 0 radical (unpaired) electrons. The minimum atomic E-state index is -0.404. The topological polar surface area (TPSA) is 49.3 Å². The Morgan fingerprint density at radius 3 is 2.29 bits per heavy atom. The molecule has 1 fully saturated rings. The summed E-state index contributed by atoms with van der Waals surface area (Å²) in [6, 6.07) is 0. The van der Waals surface area contributed by atoms with Crippen molar-refractivity contribution < 1.29 is 9.90 Å². The zero-order valence-electron chi connectivity index (χ0n) is 11.5. The van der Waals surface area contributed by atoms with Gasteiger partial charge in [0.05, 0.1) is 6.10 Å². The summed E-state index contributed by atoms with van der Waals surface area (Å²) in [5.74, 6) is 0.423. The first-order valence-electron chi connectivity index (χ1n) is 7.00. The van der Waals surface area contributed by atoms with Crippen molar-refractivity contribution in [3.05, 3.63) is 0 Å². The number of nitrogens with one attached hydrogen (secondary N) is 1. The van der Waals surface area contributed by atoms with Crippen molar-refractivity contribution >= 4 is 5.91 Å². The van der Waals surface area contributed by atoms with Crippen LogP contribution < -0.4 is 5.32 Å². The minimum Gasteiger partial charge on any atom is -0.391 e. The van der Waals surface area contributed by atoms with Crippen molar-refractivity contribution in [2.45, 2.75) is 65.4 Å². The predicted molar refractivity (Wildman–Crippen MR) is 69.7 cm³/mol. The van der Waals surface area contributed by atoms with Crippen LogP contribution >= 0.6 is 0 Å². The zero-order valence-corrected chi connectivity index (χ0v) is 11.5. The van der Waals surface area contributed by atoms with E-state index in [2.05, 4.69) is 19.2 Å². The molecule has 1 saturated carbocycles. The van der Waals surface area contributed by atoms with E-state index in [1.165, 1.54) is 0 Å². The highest BCUT2D eigenvalue weighted by Crippen LogP contribution is 2.37. The van der Waals surface area contributed by atoms with Gasteiger partial charge >= 0.3 is 0 Å². The molecule has 0 aromatic heterocycles. The summed E-state index contributed by atoms with van der Waals surface area (Å²) in [4.78, 5) is 12.0. The quantitative estimate of drug-likeness (QED) is 0.750. The first-order valence-corrected chi connectivity index (χ1v) is 7.00. The maximum Gasteiger partial charge on any atom is 0.226 e. The van der Waals surface area contributed by atoms with Crippen molar-refractivity contribution in [3.63, 3.8) is 0 Å². The minimum absolute atomic E-state index is 0.125. The maximum absolute atomic E-state index is 12.0. The Hall–Kier alpha value is -0.570. The fraction of sp³-hybridized carbons (Fsp3) is 0.929. The molecule has 0 aromatic carbocycles. The van der Waals surface area contributed by atoms with E-state index in [0.29, 0.717) is 12.5 Å². The molecule has 1 aliphatic rings. The van der Waals surface area contributed by atoms with E-state index in [9.17, 15) is 9.90 Å². The molecular formula is C14H27NO2. The van der Waals surface area contributed by atoms with Crippen LogP contribution in [-0.2, 0) is 4.79 Å². The third-order valence-corrected chi connectivity index (χ3v) is 4.32. The highest BCUT2D eigenvalue weighted by atomic mass is 16.3. The van der Waals surface area contributed by atoms with E-state index in [1.54, 1.807) is 0 Å². The summed E-state index contributed by atoms with van der Waals surface area (Å²) in [5, 5.41) is 12.9. The third-order valence-electron chi connectivity index (χ3n) is 4.32. The lowest BCUT2D eigenvalue weighted by atomic mass is 9.87. The molecule has 100 valence electrons. The largest absolute Gasteiger partial charge is 0.391 e. The van der Waals surface area contributed by atoms with Gasteiger partial charge in [-0.1, -0.05) is 46.5 Å². The van der Waals surface area contributed by atoms with E-state index in [1.807, 2.05) is 6.92 Å². The molecule has 3 heteroatoms. The predicted octanol–water partition coefficient (Wildman–Crippen LogP) is 2.48. The van der Waals surface area contributed by atoms with E-state index in [0.717, 1.165) is 38.5 Å². The fourth-order valence-electron chi connectivity index (χ4n) is 2.79. The van der Waals surface area contributed by atoms with Crippen molar-refractivity contribution in [2.24, 2.45) is 11.3 Å². The number of carbonyl (C=O) groups excluding carboxylic acids is 1. The summed E-state index contributed by atoms with van der Waals surface area (Å²) >= 11 is 0. The monoisotopic (exact) mass is 241 g/mol. The number of hydrogen-bond acceptors (Lipinski definition) is 2. The molecule has 0 bridgehead atoms. The van der Waals surface area contributed by atoms with Gasteiger partial charge in [0.15, 0.2) is 0 Å². The van der Waals surface area contributed by atoms with E-state index < -0.39 is 6.10 Å². The lowest BCUT2D eigenvalue weighted by Crippen LogP contribution is -2.42. The second-order valence-electron chi connectivity index (χ2n) is 5.62. The molecule has 17 heavy (non-hydrogen) atoms. The van der Waals surface area contributed by atoms with Crippen LogP contribution in [0.3, 0.4) is 0 Å². The van der Waals surface area contributed by atoms with Crippen LogP contribution in [0.4, 0.5) is 0 Å². The van der Waals surface area contributed by atoms with Crippen LogP contribution in [0.25, 0.3) is 0 Å². The van der Waals surface area contributed by atoms with E-state index >= 15 is 0 Å². The van der Waals surface area contributed by atoms with Crippen LogP contribution in [0.2, 0.25) is 0 Å². The summed E-state index contributed by atoms with van der Waals surface area (Å²) in [6.07, 6.45) is 5.80. The lowest BCUT2D eigenvalue weighted by molar-refractivity contribution is -0.130. The Morgan fingerprint density at radius 2 is 1.82 bits per heavy atom. The molecule has 0 aliphatic heterocycles. The molecule has 1 amide bonds. The number of amides is 1. The van der Waals surface area contributed by atoms with Gasteiger partial charge < -0.3 is 10.4 Å². The average molecular weight is 241 g/mol. The van der Waals surface area contributed by atoms with Gasteiger partial charge in [0, 0.05) is 12.0 Å². The summed E-state index contributed by atoms with van der Waals surface area (Å²) in [6.45, 7) is 6.61. The summed E-state index contributed by atoms with van der Waals surface area (Å²) in [7, 11) is 0. The Bertz CT molecular complexity index is 243. The van der Waals surface area contributed by atoms with Gasteiger partial charge in [-0.2, -0.15) is 0 Å². The van der Waals surface area contributed by atoms with Crippen LogP contribution in [0.15, 0.2) is 0 Å². The van der Waals surface area contributed by atoms with Crippen molar-refractivity contribution in [3.8, 4) is 0 Å². The number of aliphatic hydroxyl groups excluding tert-OH is 1. The maximum atomic E-state index is 12.0. The number of aliphatic hydroxyl groups is 1. The molecule has 0 aromatic rings. The zero-order chi connectivity index (χ0) is 12.9. The smallest absolute Gasteiger partial charge is 0.226 e.